The number of hydrogen-bond acceptors (Lipinski definition) is 5. The van der Waals surface area contributed by atoms with Crippen molar-refractivity contribution >= 4 is 23.2 Å². The third-order valence-electron chi connectivity index (χ3n) is 5.27. The van der Waals surface area contributed by atoms with E-state index in [9.17, 15) is 9.59 Å². The first-order valence-electron chi connectivity index (χ1n) is 9.79. The standard InChI is InChI=1S/C22H28N2O4S/c1-16(25)23(11-4-13-27-2)15-21(26)24-12-9-20-19(10-14-29-20)22(24)17-5-7-18(28-3)8-6-17/h5-8,10,14,22H,4,9,11-13,15H2,1-3H3. The predicted octanol–water partition coefficient (Wildman–Crippen LogP) is 3.12. The fourth-order valence-electron chi connectivity index (χ4n) is 3.73. The van der Waals surface area contributed by atoms with Crippen LogP contribution in [0.25, 0.3) is 0 Å². The third kappa shape index (κ3) is 4.97. The van der Waals surface area contributed by atoms with Crippen molar-refractivity contribution in [3.63, 3.8) is 0 Å². The van der Waals surface area contributed by atoms with Crippen molar-refractivity contribution in [2.45, 2.75) is 25.8 Å². The maximum atomic E-state index is 13.3. The van der Waals surface area contributed by atoms with Gasteiger partial charge in [0.2, 0.25) is 11.8 Å². The van der Waals surface area contributed by atoms with Crippen LogP contribution in [-0.2, 0) is 20.7 Å². The van der Waals surface area contributed by atoms with Crippen LogP contribution in [0.5, 0.6) is 5.75 Å². The van der Waals surface area contributed by atoms with E-state index in [2.05, 4.69) is 11.4 Å². The number of rotatable bonds is 8. The number of carbonyl (C=O) groups is 2. The Morgan fingerprint density at radius 2 is 1.97 bits per heavy atom. The second-order valence-electron chi connectivity index (χ2n) is 7.10. The number of carbonyl (C=O) groups excluding carboxylic acids is 2. The lowest BCUT2D eigenvalue weighted by atomic mass is 9.93. The molecule has 0 spiro atoms. The molecule has 29 heavy (non-hydrogen) atoms. The number of benzene rings is 1. The molecular formula is C22H28N2O4S. The number of amides is 2. The van der Waals surface area contributed by atoms with Crippen molar-refractivity contribution in [3.8, 4) is 5.75 Å². The summed E-state index contributed by atoms with van der Waals surface area (Å²) >= 11 is 1.74. The van der Waals surface area contributed by atoms with E-state index in [1.165, 1.54) is 17.4 Å². The molecule has 0 radical (unpaired) electrons. The molecule has 7 heteroatoms. The SMILES string of the molecule is COCCCN(CC(=O)N1CCc2sccc2C1c1ccc(OC)cc1)C(C)=O. The smallest absolute Gasteiger partial charge is 0.242 e. The van der Waals surface area contributed by atoms with Crippen molar-refractivity contribution < 1.29 is 19.1 Å². The Labute approximate surface area is 176 Å². The molecule has 2 amide bonds. The van der Waals surface area contributed by atoms with Crippen molar-refractivity contribution in [1.29, 1.82) is 0 Å². The third-order valence-corrected chi connectivity index (χ3v) is 6.26. The molecule has 0 bridgehead atoms. The minimum Gasteiger partial charge on any atom is -0.497 e. The van der Waals surface area contributed by atoms with Crippen LogP contribution in [0, 0.1) is 0 Å². The van der Waals surface area contributed by atoms with Gasteiger partial charge in [0.15, 0.2) is 0 Å². The normalized spacial score (nSPS) is 15.7. The molecular weight excluding hydrogens is 388 g/mol. The van der Waals surface area contributed by atoms with Gasteiger partial charge in [-0.1, -0.05) is 12.1 Å². The summed E-state index contributed by atoms with van der Waals surface area (Å²) in [5, 5.41) is 2.09. The molecule has 1 aliphatic rings. The van der Waals surface area contributed by atoms with Gasteiger partial charge in [-0.2, -0.15) is 0 Å². The Morgan fingerprint density at radius 1 is 1.21 bits per heavy atom. The van der Waals surface area contributed by atoms with E-state index < -0.39 is 0 Å². The molecule has 0 aliphatic carbocycles. The summed E-state index contributed by atoms with van der Waals surface area (Å²) in [6.45, 7) is 3.32. The zero-order valence-electron chi connectivity index (χ0n) is 17.2. The lowest BCUT2D eigenvalue weighted by Gasteiger charge is -2.37. The summed E-state index contributed by atoms with van der Waals surface area (Å²) in [6, 6.07) is 9.83. The van der Waals surface area contributed by atoms with E-state index in [1.54, 1.807) is 30.5 Å². The van der Waals surface area contributed by atoms with Crippen LogP contribution in [0.4, 0.5) is 0 Å². The van der Waals surface area contributed by atoms with Gasteiger partial charge in [0, 0.05) is 38.6 Å². The zero-order valence-corrected chi connectivity index (χ0v) is 18.0. The number of methoxy groups -OCH3 is 2. The van der Waals surface area contributed by atoms with Gasteiger partial charge < -0.3 is 19.3 Å². The number of fused-ring (bicyclic) bond motifs is 1. The Balaban J connectivity index is 1.83. The number of hydrogen-bond donors (Lipinski definition) is 0. The zero-order chi connectivity index (χ0) is 20.8. The minimum atomic E-state index is -0.142. The lowest BCUT2D eigenvalue weighted by Crippen LogP contribution is -2.46. The Morgan fingerprint density at radius 3 is 2.62 bits per heavy atom. The second-order valence-corrected chi connectivity index (χ2v) is 8.10. The summed E-state index contributed by atoms with van der Waals surface area (Å²) in [4.78, 5) is 30.1. The van der Waals surface area contributed by atoms with Crippen LogP contribution < -0.4 is 4.74 Å². The molecule has 156 valence electrons. The maximum Gasteiger partial charge on any atom is 0.242 e. The van der Waals surface area contributed by atoms with Crippen molar-refractivity contribution in [2.24, 2.45) is 0 Å². The van der Waals surface area contributed by atoms with E-state index in [0.29, 0.717) is 26.1 Å². The van der Waals surface area contributed by atoms with Crippen molar-refractivity contribution in [1.82, 2.24) is 9.80 Å². The first-order chi connectivity index (χ1) is 14.0. The molecule has 1 aliphatic heterocycles. The van der Waals surface area contributed by atoms with Crippen LogP contribution in [0.1, 0.15) is 35.4 Å². The Bertz CT molecular complexity index is 834. The largest absolute Gasteiger partial charge is 0.497 e. The number of nitrogens with zero attached hydrogens (tertiary/aromatic N) is 2. The Hall–Kier alpha value is -2.38. The van der Waals surface area contributed by atoms with Crippen LogP contribution in [0.3, 0.4) is 0 Å². The van der Waals surface area contributed by atoms with Gasteiger partial charge in [0.1, 0.15) is 5.75 Å². The minimum absolute atomic E-state index is 0.0321. The van der Waals surface area contributed by atoms with Crippen molar-refractivity contribution in [2.75, 3.05) is 40.5 Å². The van der Waals surface area contributed by atoms with Crippen molar-refractivity contribution in [3.05, 3.63) is 51.7 Å². The molecule has 1 aromatic carbocycles. The highest BCUT2D eigenvalue weighted by molar-refractivity contribution is 7.10. The molecule has 6 nitrogen and oxygen atoms in total. The quantitative estimate of drug-likeness (QED) is 0.621. The molecule has 2 aromatic rings. The molecule has 0 saturated carbocycles. The highest BCUT2D eigenvalue weighted by Gasteiger charge is 2.33. The van der Waals surface area contributed by atoms with Gasteiger partial charge in [-0.05, 0) is 47.5 Å². The number of thiophene rings is 1. The average Bonchev–Trinajstić information content (AvgIpc) is 3.21. The molecule has 2 heterocycles. The molecule has 0 N–H and O–H groups in total. The Kier molecular flexibility index (Phi) is 7.28. The fourth-order valence-corrected chi connectivity index (χ4v) is 4.64. The first kappa shape index (κ1) is 21.3. The van der Waals surface area contributed by atoms with Crippen LogP contribution in [0.15, 0.2) is 35.7 Å². The lowest BCUT2D eigenvalue weighted by molar-refractivity contribution is -0.140. The summed E-state index contributed by atoms with van der Waals surface area (Å²) in [6.07, 6.45) is 1.55. The molecule has 0 saturated heterocycles. The summed E-state index contributed by atoms with van der Waals surface area (Å²) in [5.74, 6) is 0.660. The van der Waals surface area contributed by atoms with E-state index in [1.807, 2.05) is 29.2 Å². The maximum absolute atomic E-state index is 13.3. The van der Waals surface area contributed by atoms with Gasteiger partial charge >= 0.3 is 0 Å². The summed E-state index contributed by atoms with van der Waals surface area (Å²) in [7, 11) is 3.28. The van der Waals surface area contributed by atoms with E-state index in [4.69, 9.17) is 9.47 Å². The number of ether oxygens (including phenoxy) is 2. The highest BCUT2D eigenvalue weighted by Crippen LogP contribution is 2.38. The molecule has 0 fully saturated rings. The van der Waals surface area contributed by atoms with Gasteiger partial charge in [0.05, 0.1) is 19.7 Å². The molecule has 1 unspecified atom stereocenters. The molecule has 1 atom stereocenters. The topological polar surface area (TPSA) is 59.1 Å². The molecule has 3 rings (SSSR count). The van der Waals surface area contributed by atoms with Gasteiger partial charge in [-0.25, -0.2) is 0 Å². The van der Waals surface area contributed by atoms with E-state index in [0.717, 1.165) is 17.7 Å². The summed E-state index contributed by atoms with van der Waals surface area (Å²) < 4.78 is 10.4. The van der Waals surface area contributed by atoms with E-state index in [-0.39, 0.29) is 24.4 Å². The van der Waals surface area contributed by atoms with E-state index >= 15 is 0 Å². The highest BCUT2D eigenvalue weighted by atomic mass is 32.1. The average molecular weight is 417 g/mol. The van der Waals surface area contributed by atoms with Gasteiger partial charge in [-0.3, -0.25) is 9.59 Å². The van der Waals surface area contributed by atoms with Gasteiger partial charge in [0.25, 0.3) is 0 Å². The van der Waals surface area contributed by atoms with Crippen LogP contribution >= 0.6 is 11.3 Å². The first-order valence-corrected chi connectivity index (χ1v) is 10.7. The van der Waals surface area contributed by atoms with Crippen LogP contribution in [-0.4, -0.2) is 62.1 Å². The summed E-state index contributed by atoms with van der Waals surface area (Å²) in [5.41, 5.74) is 2.22. The second kappa shape index (κ2) is 9.89. The predicted molar refractivity (Wildman–Crippen MR) is 113 cm³/mol. The fraction of sp³-hybridized carbons (Fsp3) is 0.455. The molecule has 1 aromatic heterocycles. The van der Waals surface area contributed by atoms with Gasteiger partial charge in [-0.15, -0.1) is 11.3 Å². The monoisotopic (exact) mass is 416 g/mol. The van der Waals surface area contributed by atoms with Crippen LogP contribution in [0.2, 0.25) is 0 Å².